The van der Waals surface area contributed by atoms with Gasteiger partial charge in [0.25, 0.3) is 0 Å². The molecule has 0 unspecified atom stereocenters. The Kier molecular flexibility index (Phi) is 8.64. The van der Waals surface area contributed by atoms with Gasteiger partial charge in [0.05, 0.1) is 6.42 Å². The molecule has 0 bridgehead atoms. The molecule has 0 aliphatic rings. The molecule has 34 heavy (non-hydrogen) atoms. The van der Waals surface area contributed by atoms with E-state index in [4.69, 9.17) is 0 Å². The predicted molar refractivity (Wildman–Crippen MR) is 139 cm³/mol. The zero-order valence-electron chi connectivity index (χ0n) is 21.0. The van der Waals surface area contributed by atoms with Gasteiger partial charge in [-0.05, 0) is 51.3 Å². The molecule has 2 amide bonds. The maximum absolute atomic E-state index is 13.8. The second-order valence-corrected chi connectivity index (χ2v) is 9.55. The Morgan fingerprint density at radius 2 is 1.38 bits per heavy atom. The van der Waals surface area contributed by atoms with Gasteiger partial charge in [-0.1, -0.05) is 89.5 Å². The van der Waals surface area contributed by atoms with Crippen molar-refractivity contribution in [1.29, 1.82) is 0 Å². The lowest BCUT2D eigenvalue weighted by Gasteiger charge is -2.32. The molecule has 0 heterocycles. The van der Waals surface area contributed by atoms with Gasteiger partial charge in [0.15, 0.2) is 0 Å². The minimum Gasteiger partial charge on any atom is -0.352 e. The summed E-state index contributed by atoms with van der Waals surface area (Å²) in [6, 6.07) is 23.7. The highest BCUT2D eigenvalue weighted by atomic mass is 16.2. The minimum absolute atomic E-state index is 0.0125. The number of nitrogens with one attached hydrogen (secondary N) is 1. The fourth-order valence-corrected chi connectivity index (χ4v) is 4.27. The van der Waals surface area contributed by atoms with Crippen molar-refractivity contribution in [3.05, 3.63) is 106 Å². The molecule has 4 nitrogen and oxygen atoms in total. The summed E-state index contributed by atoms with van der Waals surface area (Å²) in [6.07, 6.45) is 0.721. The fraction of sp³-hybridized carbons (Fsp3) is 0.333. The van der Waals surface area contributed by atoms with E-state index in [2.05, 4.69) is 23.5 Å². The van der Waals surface area contributed by atoms with Crippen LogP contribution in [0.5, 0.6) is 0 Å². The van der Waals surface area contributed by atoms with Crippen LogP contribution in [-0.4, -0.2) is 28.8 Å². The topological polar surface area (TPSA) is 49.4 Å². The van der Waals surface area contributed by atoms with E-state index in [1.165, 1.54) is 0 Å². The molecule has 3 rings (SSSR count). The molecule has 0 aliphatic heterocycles. The van der Waals surface area contributed by atoms with Gasteiger partial charge < -0.3 is 10.2 Å². The average Bonchev–Trinajstić information content (AvgIpc) is 2.77. The van der Waals surface area contributed by atoms with E-state index >= 15 is 0 Å². The number of carbonyl (C=O) groups is 2. The van der Waals surface area contributed by atoms with Gasteiger partial charge >= 0.3 is 0 Å². The summed E-state index contributed by atoms with van der Waals surface area (Å²) in [4.78, 5) is 28.9. The van der Waals surface area contributed by atoms with E-state index in [1.807, 2.05) is 89.2 Å². The van der Waals surface area contributed by atoms with Crippen LogP contribution in [0.3, 0.4) is 0 Å². The normalized spacial score (nSPS) is 11.8. The monoisotopic (exact) mass is 456 g/mol. The molecule has 3 aromatic rings. The number of benzene rings is 3. The lowest BCUT2D eigenvalue weighted by molar-refractivity contribution is -0.141. The summed E-state index contributed by atoms with van der Waals surface area (Å²) in [7, 11) is 0. The number of hydrogen-bond acceptors (Lipinski definition) is 2. The van der Waals surface area contributed by atoms with Crippen LogP contribution in [0.1, 0.15) is 47.2 Å². The van der Waals surface area contributed by atoms with Gasteiger partial charge in [-0.25, -0.2) is 0 Å². The van der Waals surface area contributed by atoms with Crippen molar-refractivity contribution in [2.24, 2.45) is 0 Å². The van der Waals surface area contributed by atoms with Crippen molar-refractivity contribution in [3.63, 3.8) is 0 Å². The molecule has 1 N–H and O–H groups in total. The quantitative estimate of drug-likeness (QED) is 0.474. The van der Waals surface area contributed by atoms with Crippen molar-refractivity contribution in [2.75, 3.05) is 0 Å². The van der Waals surface area contributed by atoms with Gasteiger partial charge in [-0.3, -0.25) is 9.59 Å². The second-order valence-electron chi connectivity index (χ2n) is 9.55. The molecule has 0 fully saturated rings. The molecular weight excluding hydrogens is 420 g/mol. The molecule has 0 radical (unpaired) electrons. The molecule has 1 atom stereocenters. The highest BCUT2D eigenvalue weighted by Crippen LogP contribution is 2.18. The van der Waals surface area contributed by atoms with Gasteiger partial charge in [-0.15, -0.1) is 0 Å². The maximum atomic E-state index is 13.8. The third kappa shape index (κ3) is 7.31. The number of aryl methyl sites for hydroxylation is 3. The molecule has 0 spiro atoms. The largest absolute Gasteiger partial charge is 0.352 e. The summed E-state index contributed by atoms with van der Waals surface area (Å²) in [5.74, 6) is -0.176. The number of carbonyl (C=O) groups excluding carboxylic acids is 2. The second kappa shape index (κ2) is 11.6. The lowest BCUT2D eigenvalue weighted by atomic mass is 10.00. The van der Waals surface area contributed by atoms with E-state index in [0.29, 0.717) is 13.0 Å². The first-order valence-corrected chi connectivity index (χ1v) is 12.0. The zero-order chi connectivity index (χ0) is 24.7. The highest BCUT2D eigenvalue weighted by Gasteiger charge is 2.30. The third-order valence-corrected chi connectivity index (χ3v) is 5.81. The van der Waals surface area contributed by atoms with Crippen LogP contribution in [0.4, 0.5) is 0 Å². The van der Waals surface area contributed by atoms with Crippen molar-refractivity contribution in [3.8, 4) is 0 Å². The van der Waals surface area contributed by atoms with Crippen molar-refractivity contribution >= 4 is 11.8 Å². The number of nitrogens with zero attached hydrogens (tertiary/aromatic N) is 1. The first kappa shape index (κ1) is 25.2. The summed E-state index contributed by atoms with van der Waals surface area (Å²) in [5, 5.41) is 3.04. The van der Waals surface area contributed by atoms with Crippen LogP contribution in [-0.2, 0) is 29.0 Å². The Bertz CT molecular complexity index is 1080. The Morgan fingerprint density at radius 1 is 0.765 bits per heavy atom. The van der Waals surface area contributed by atoms with E-state index in [0.717, 1.165) is 33.4 Å². The van der Waals surface area contributed by atoms with Crippen LogP contribution < -0.4 is 5.32 Å². The lowest BCUT2D eigenvalue weighted by Crippen LogP contribution is -2.52. The van der Waals surface area contributed by atoms with Crippen LogP contribution in [0, 0.1) is 20.8 Å². The van der Waals surface area contributed by atoms with Gasteiger partial charge in [0.1, 0.15) is 6.04 Å². The predicted octanol–water partition coefficient (Wildman–Crippen LogP) is 5.32. The van der Waals surface area contributed by atoms with Crippen LogP contribution >= 0.6 is 0 Å². The smallest absolute Gasteiger partial charge is 0.243 e. The van der Waals surface area contributed by atoms with E-state index in [-0.39, 0.29) is 24.3 Å². The van der Waals surface area contributed by atoms with E-state index in [1.54, 1.807) is 4.90 Å². The summed E-state index contributed by atoms with van der Waals surface area (Å²) >= 11 is 0. The Hall–Kier alpha value is -3.40. The van der Waals surface area contributed by atoms with Gasteiger partial charge in [0.2, 0.25) is 11.8 Å². The molecule has 178 valence electrons. The fourth-order valence-electron chi connectivity index (χ4n) is 4.27. The summed E-state index contributed by atoms with van der Waals surface area (Å²) in [5.41, 5.74) is 6.43. The van der Waals surface area contributed by atoms with E-state index in [9.17, 15) is 9.59 Å². The summed E-state index contributed by atoms with van der Waals surface area (Å²) < 4.78 is 0. The Labute approximate surface area is 204 Å². The first-order valence-electron chi connectivity index (χ1n) is 12.0. The SMILES string of the molecule is Cc1ccc(CN(C(=O)Cc2cc(C)cc(C)c2)[C@@H](Cc2ccccc2)C(=O)NC(C)C)cc1. The van der Waals surface area contributed by atoms with Crippen LogP contribution in [0.2, 0.25) is 0 Å². The zero-order valence-corrected chi connectivity index (χ0v) is 21.0. The van der Waals surface area contributed by atoms with Crippen molar-refractivity contribution in [2.45, 2.75) is 66.1 Å². The van der Waals surface area contributed by atoms with E-state index < -0.39 is 6.04 Å². The van der Waals surface area contributed by atoms with Gasteiger partial charge in [0, 0.05) is 19.0 Å². The molecule has 3 aromatic carbocycles. The Balaban J connectivity index is 1.98. The van der Waals surface area contributed by atoms with Crippen molar-refractivity contribution in [1.82, 2.24) is 10.2 Å². The van der Waals surface area contributed by atoms with Crippen molar-refractivity contribution < 1.29 is 9.59 Å². The molecule has 0 saturated heterocycles. The minimum atomic E-state index is -0.607. The third-order valence-electron chi connectivity index (χ3n) is 5.81. The van der Waals surface area contributed by atoms with Crippen LogP contribution in [0.25, 0.3) is 0 Å². The highest BCUT2D eigenvalue weighted by molar-refractivity contribution is 5.89. The number of rotatable bonds is 9. The summed E-state index contributed by atoms with van der Waals surface area (Å²) in [6.45, 7) is 10.4. The molecular formula is C30H36N2O2. The standard InChI is InChI=1S/C30H36N2O2/c1-21(2)31-30(34)28(18-25-9-7-6-8-10-25)32(20-26-13-11-22(3)12-14-26)29(33)19-27-16-23(4)15-24(5)17-27/h6-17,21,28H,18-20H2,1-5H3,(H,31,34)/t28-/m0/s1. The number of amides is 2. The molecule has 0 saturated carbocycles. The van der Waals surface area contributed by atoms with Gasteiger partial charge in [-0.2, -0.15) is 0 Å². The first-order chi connectivity index (χ1) is 16.2. The molecule has 0 aromatic heterocycles. The van der Waals surface area contributed by atoms with Crippen LogP contribution in [0.15, 0.2) is 72.8 Å². The number of hydrogen-bond donors (Lipinski definition) is 1. The Morgan fingerprint density at radius 3 is 1.97 bits per heavy atom. The average molecular weight is 457 g/mol. The molecule has 4 heteroatoms. The molecule has 0 aliphatic carbocycles. The maximum Gasteiger partial charge on any atom is 0.243 e.